The number of anilines is 2. The summed E-state index contributed by atoms with van der Waals surface area (Å²) in [5.74, 6) is 0. The van der Waals surface area contributed by atoms with E-state index in [9.17, 15) is 4.79 Å². The van der Waals surface area contributed by atoms with Crippen molar-refractivity contribution in [3.8, 4) is 0 Å². The van der Waals surface area contributed by atoms with Crippen molar-refractivity contribution in [3.05, 3.63) is 23.8 Å². The van der Waals surface area contributed by atoms with E-state index >= 15 is 0 Å². The molecule has 0 aliphatic heterocycles. The lowest BCUT2D eigenvalue weighted by Gasteiger charge is -2.23. The van der Waals surface area contributed by atoms with E-state index in [4.69, 9.17) is 0 Å². The molecule has 1 aromatic carbocycles. The third-order valence-electron chi connectivity index (χ3n) is 3.63. The van der Waals surface area contributed by atoms with Crippen molar-refractivity contribution in [1.82, 2.24) is 4.90 Å². The molecule has 2 amide bonds. The van der Waals surface area contributed by atoms with Crippen molar-refractivity contribution in [2.24, 2.45) is 0 Å². The maximum absolute atomic E-state index is 12.1. The van der Waals surface area contributed by atoms with Gasteiger partial charge in [-0.05, 0) is 58.4 Å². The van der Waals surface area contributed by atoms with E-state index in [1.54, 1.807) is 4.90 Å². The topological polar surface area (TPSA) is 35.6 Å². The molecule has 0 bridgehead atoms. The van der Waals surface area contributed by atoms with Crippen molar-refractivity contribution in [2.45, 2.75) is 34.6 Å². The first-order chi connectivity index (χ1) is 9.57. The maximum Gasteiger partial charge on any atom is 0.321 e. The highest BCUT2D eigenvalue weighted by Gasteiger charge is 2.11. The van der Waals surface area contributed by atoms with Crippen LogP contribution in [0.5, 0.6) is 0 Å². The molecule has 0 fully saturated rings. The fourth-order valence-electron chi connectivity index (χ4n) is 2.28. The molecule has 1 N–H and O–H groups in total. The standard InChI is InChI=1S/C16H27N3O/c1-6-18(7-2)14-10-11-15(13(5)12-14)17-16(20)19(8-3)9-4/h10-12H,6-9H2,1-5H3,(H,17,20). The van der Waals surface area contributed by atoms with E-state index in [1.165, 1.54) is 5.69 Å². The summed E-state index contributed by atoms with van der Waals surface area (Å²) in [7, 11) is 0. The molecular weight excluding hydrogens is 250 g/mol. The minimum Gasteiger partial charge on any atom is -0.372 e. The Balaban J connectivity index is 2.86. The number of urea groups is 1. The van der Waals surface area contributed by atoms with Gasteiger partial charge in [0.15, 0.2) is 0 Å². The van der Waals surface area contributed by atoms with Crippen molar-refractivity contribution >= 4 is 17.4 Å². The second-order valence-electron chi connectivity index (χ2n) is 4.77. The zero-order chi connectivity index (χ0) is 15.1. The highest BCUT2D eigenvalue weighted by Crippen LogP contribution is 2.22. The van der Waals surface area contributed by atoms with Gasteiger partial charge in [-0.1, -0.05) is 0 Å². The normalized spacial score (nSPS) is 10.2. The second-order valence-corrected chi connectivity index (χ2v) is 4.77. The molecule has 0 atom stereocenters. The number of hydrogen-bond donors (Lipinski definition) is 1. The van der Waals surface area contributed by atoms with Gasteiger partial charge in [-0.2, -0.15) is 0 Å². The molecule has 0 radical (unpaired) electrons. The zero-order valence-electron chi connectivity index (χ0n) is 13.4. The van der Waals surface area contributed by atoms with E-state index in [1.807, 2.05) is 26.8 Å². The molecule has 0 saturated heterocycles. The second kappa shape index (κ2) is 7.78. The Morgan fingerprint density at radius 3 is 2.10 bits per heavy atom. The van der Waals surface area contributed by atoms with Gasteiger partial charge in [0.2, 0.25) is 0 Å². The number of rotatable bonds is 6. The van der Waals surface area contributed by atoms with E-state index in [2.05, 4.69) is 36.2 Å². The molecular formula is C16H27N3O. The summed E-state index contributed by atoms with van der Waals surface area (Å²) in [5.41, 5.74) is 3.18. The molecule has 0 saturated carbocycles. The molecule has 0 heterocycles. The van der Waals surface area contributed by atoms with E-state index in [-0.39, 0.29) is 6.03 Å². The number of nitrogens with zero attached hydrogens (tertiary/aromatic N) is 2. The SMILES string of the molecule is CCN(CC)C(=O)Nc1ccc(N(CC)CC)cc1C. The van der Waals surface area contributed by atoms with Gasteiger partial charge in [0, 0.05) is 37.6 Å². The smallest absolute Gasteiger partial charge is 0.321 e. The lowest BCUT2D eigenvalue weighted by Crippen LogP contribution is -2.34. The third kappa shape index (κ3) is 3.89. The first kappa shape index (κ1) is 16.3. The Kier molecular flexibility index (Phi) is 6.36. The number of aryl methyl sites for hydroxylation is 1. The van der Waals surface area contributed by atoms with Crippen LogP contribution in [0.25, 0.3) is 0 Å². The lowest BCUT2D eigenvalue weighted by molar-refractivity contribution is 0.217. The van der Waals surface area contributed by atoms with Gasteiger partial charge < -0.3 is 15.1 Å². The monoisotopic (exact) mass is 277 g/mol. The molecule has 0 spiro atoms. The predicted molar refractivity (Wildman–Crippen MR) is 86.7 cm³/mol. The van der Waals surface area contributed by atoms with Gasteiger partial charge >= 0.3 is 6.03 Å². The summed E-state index contributed by atoms with van der Waals surface area (Å²) in [6.07, 6.45) is 0. The highest BCUT2D eigenvalue weighted by atomic mass is 16.2. The van der Waals surface area contributed by atoms with Crippen LogP contribution in [0.1, 0.15) is 33.3 Å². The van der Waals surface area contributed by atoms with E-state index in [0.29, 0.717) is 0 Å². The van der Waals surface area contributed by atoms with Crippen LogP contribution in [0, 0.1) is 6.92 Å². The number of hydrogen-bond acceptors (Lipinski definition) is 2. The molecule has 0 aliphatic carbocycles. The molecule has 20 heavy (non-hydrogen) atoms. The summed E-state index contributed by atoms with van der Waals surface area (Å²) in [6, 6.07) is 6.15. The van der Waals surface area contributed by atoms with Crippen LogP contribution in [0.15, 0.2) is 18.2 Å². The number of benzene rings is 1. The molecule has 1 rings (SSSR count). The summed E-state index contributed by atoms with van der Waals surface area (Å²) < 4.78 is 0. The minimum absolute atomic E-state index is 0.0336. The Hall–Kier alpha value is -1.71. The van der Waals surface area contributed by atoms with Crippen LogP contribution < -0.4 is 10.2 Å². The van der Waals surface area contributed by atoms with Gasteiger partial charge in [-0.25, -0.2) is 4.79 Å². The number of carbonyl (C=O) groups is 1. The lowest BCUT2D eigenvalue weighted by atomic mass is 10.1. The predicted octanol–water partition coefficient (Wildman–Crippen LogP) is 3.71. The van der Waals surface area contributed by atoms with Crippen molar-refractivity contribution in [3.63, 3.8) is 0 Å². The number of amides is 2. The highest BCUT2D eigenvalue weighted by molar-refractivity contribution is 5.90. The minimum atomic E-state index is -0.0336. The molecule has 0 unspecified atom stereocenters. The summed E-state index contributed by atoms with van der Waals surface area (Å²) in [6.45, 7) is 13.7. The van der Waals surface area contributed by atoms with Gasteiger partial charge in [-0.3, -0.25) is 0 Å². The van der Waals surface area contributed by atoms with Crippen LogP contribution in [0.4, 0.5) is 16.2 Å². The molecule has 1 aromatic rings. The Labute approximate surface area is 122 Å². The van der Waals surface area contributed by atoms with Gasteiger partial charge in [0.05, 0.1) is 0 Å². The molecule has 112 valence electrons. The largest absolute Gasteiger partial charge is 0.372 e. The van der Waals surface area contributed by atoms with Crippen molar-refractivity contribution in [1.29, 1.82) is 0 Å². The van der Waals surface area contributed by atoms with Crippen LogP contribution in [-0.4, -0.2) is 37.1 Å². The number of carbonyl (C=O) groups excluding carboxylic acids is 1. The Morgan fingerprint density at radius 2 is 1.65 bits per heavy atom. The average Bonchev–Trinajstić information content (AvgIpc) is 2.44. The number of nitrogens with one attached hydrogen (secondary N) is 1. The quantitative estimate of drug-likeness (QED) is 0.860. The molecule has 4 heteroatoms. The Bertz CT molecular complexity index is 437. The maximum atomic E-state index is 12.1. The van der Waals surface area contributed by atoms with Crippen LogP contribution in [-0.2, 0) is 0 Å². The van der Waals surface area contributed by atoms with Gasteiger partial charge in [0.1, 0.15) is 0 Å². The third-order valence-corrected chi connectivity index (χ3v) is 3.63. The first-order valence-corrected chi connectivity index (χ1v) is 7.48. The average molecular weight is 277 g/mol. The van der Waals surface area contributed by atoms with Gasteiger partial charge in [0.25, 0.3) is 0 Å². The van der Waals surface area contributed by atoms with E-state index in [0.717, 1.165) is 37.4 Å². The van der Waals surface area contributed by atoms with Crippen molar-refractivity contribution in [2.75, 3.05) is 36.4 Å². The molecule has 0 aliphatic rings. The fraction of sp³-hybridized carbons (Fsp3) is 0.562. The summed E-state index contributed by atoms with van der Waals surface area (Å²) in [5, 5.41) is 2.98. The van der Waals surface area contributed by atoms with Crippen molar-refractivity contribution < 1.29 is 4.79 Å². The van der Waals surface area contributed by atoms with Crippen LogP contribution >= 0.6 is 0 Å². The van der Waals surface area contributed by atoms with Crippen LogP contribution in [0.2, 0.25) is 0 Å². The van der Waals surface area contributed by atoms with Crippen LogP contribution in [0.3, 0.4) is 0 Å². The van der Waals surface area contributed by atoms with E-state index < -0.39 is 0 Å². The Morgan fingerprint density at radius 1 is 1.05 bits per heavy atom. The summed E-state index contributed by atoms with van der Waals surface area (Å²) in [4.78, 5) is 16.1. The van der Waals surface area contributed by atoms with Gasteiger partial charge in [-0.15, -0.1) is 0 Å². The zero-order valence-corrected chi connectivity index (χ0v) is 13.4. The molecule has 0 aromatic heterocycles. The fourth-order valence-corrected chi connectivity index (χ4v) is 2.28. The first-order valence-electron chi connectivity index (χ1n) is 7.48. The summed E-state index contributed by atoms with van der Waals surface area (Å²) >= 11 is 0. The molecule has 4 nitrogen and oxygen atoms in total.